The third-order valence-corrected chi connectivity index (χ3v) is 3.00. The molecule has 1 N–H and O–H groups in total. The minimum Gasteiger partial charge on any atom is -0.396 e. The Labute approximate surface area is 114 Å². The molecule has 0 spiro atoms. The van der Waals surface area contributed by atoms with Crippen LogP contribution in [-0.4, -0.2) is 38.6 Å². The van der Waals surface area contributed by atoms with Gasteiger partial charge in [-0.1, -0.05) is 12.1 Å². The number of halogens is 1. The molecule has 1 aromatic rings. The summed E-state index contributed by atoms with van der Waals surface area (Å²) in [7, 11) is 1.64. The fourth-order valence-corrected chi connectivity index (χ4v) is 1.97. The third kappa shape index (κ3) is 7.25. The predicted octanol–water partition coefficient (Wildman–Crippen LogP) is 2.42. The van der Waals surface area contributed by atoms with Crippen molar-refractivity contribution in [2.24, 2.45) is 5.92 Å². The average Bonchev–Trinajstić information content (AvgIpc) is 2.41. The highest BCUT2D eigenvalue weighted by Gasteiger charge is 2.09. The van der Waals surface area contributed by atoms with E-state index in [2.05, 4.69) is 0 Å². The topological polar surface area (TPSA) is 38.7 Å². The van der Waals surface area contributed by atoms with Crippen molar-refractivity contribution in [3.8, 4) is 0 Å². The lowest BCUT2D eigenvalue weighted by Crippen LogP contribution is -2.12. The van der Waals surface area contributed by atoms with Crippen LogP contribution in [0.2, 0.25) is 0 Å². The van der Waals surface area contributed by atoms with E-state index in [4.69, 9.17) is 9.47 Å². The van der Waals surface area contributed by atoms with Crippen molar-refractivity contribution >= 4 is 0 Å². The maximum atomic E-state index is 13.1. The monoisotopic (exact) mass is 270 g/mol. The van der Waals surface area contributed by atoms with Crippen molar-refractivity contribution < 1.29 is 19.0 Å². The van der Waals surface area contributed by atoms with E-state index >= 15 is 0 Å². The minimum atomic E-state index is -0.225. The van der Waals surface area contributed by atoms with Gasteiger partial charge in [0.15, 0.2) is 0 Å². The Morgan fingerprint density at radius 1 is 1.26 bits per heavy atom. The first-order chi connectivity index (χ1) is 9.26. The second-order valence-corrected chi connectivity index (χ2v) is 4.63. The molecule has 1 aromatic carbocycles. The molecule has 1 atom stereocenters. The molecule has 4 heteroatoms. The van der Waals surface area contributed by atoms with Crippen LogP contribution in [0.25, 0.3) is 0 Å². The predicted molar refractivity (Wildman–Crippen MR) is 72.6 cm³/mol. The van der Waals surface area contributed by atoms with E-state index < -0.39 is 0 Å². The van der Waals surface area contributed by atoms with Gasteiger partial charge in [-0.2, -0.15) is 0 Å². The first-order valence-electron chi connectivity index (χ1n) is 6.68. The molecule has 0 bridgehead atoms. The summed E-state index contributed by atoms with van der Waals surface area (Å²) in [6.45, 7) is 1.99. The molecule has 0 aliphatic rings. The molecular weight excluding hydrogens is 247 g/mol. The summed E-state index contributed by atoms with van der Waals surface area (Å²) in [5, 5.41) is 9.34. The molecule has 0 radical (unpaired) electrons. The molecule has 0 heterocycles. The van der Waals surface area contributed by atoms with Crippen molar-refractivity contribution in [3.05, 3.63) is 35.6 Å². The molecule has 0 aromatic heterocycles. The van der Waals surface area contributed by atoms with Gasteiger partial charge in [-0.15, -0.1) is 0 Å². The number of hydrogen-bond donors (Lipinski definition) is 1. The Balaban J connectivity index is 2.22. The van der Waals surface area contributed by atoms with Crippen molar-refractivity contribution in [2.45, 2.75) is 19.3 Å². The van der Waals surface area contributed by atoms with Gasteiger partial charge in [0.1, 0.15) is 5.82 Å². The van der Waals surface area contributed by atoms with Crippen LogP contribution in [0.3, 0.4) is 0 Å². The summed E-state index contributed by atoms with van der Waals surface area (Å²) < 4.78 is 23.3. The van der Waals surface area contributed by atoms with Gasteiger partial charge in [0.25, 0.3) is 0 Å². The van der Waals surface area contributed by atoms with Gasteiger partial charge in [0, 0.05) is 20.3 Å². The van der Waals surface area contributed by atoms with E-state index in [-0.39, 0.29) is 18.3 Å². The highest BCUT2D eigenvalue weighted by molar-refractivity contribution is 5.16. The van der Waals surface area contributed by atoms with Gasteiger partial charge in [0.05, 0.1) is 13.2 Å². The average molecular weight is 270 g/mol. The molecule has 0 fully saturated rings. The summed E-state index contributed by atoms with van der Waals surface area (Å²) in [6.07, 6.45) is 2.47. The Morgan fingerprint density at radius 2 is 2.11 bits per heavy atom. The number of benzene rings is 1. The Kier molecular flexibility index (Phi) is 8.38. The quantitative estimate of drug-likeness (QED) is 0.664. The zero-order valence-corrected chi connectivity index (χ0v) is 11.5. The van der Waals surface area contributed by atoms with E-state index in [1.165, 1.54) is 12.1 Å². The molecule has 0 saturated heterocycles. The molecule has 108 valence electrons. The van der Waals surface area contributed by atoms with Crippen molar-refractivity contribution in [1.82, 2.24) is 0 Å². The van der Waals surface area contributed by atoms with Crippen LogP contribution in [-0.2, 0) is 15.9 Å². The lowest BCUT2D eigenvalue weighted by atomic mass is 9.95. The summed E-state index contributed by atoms with van der Waals surface area (Å²) >= 11 is 0. The Morgan fingerprint density at radius 3 is 2.79 bits per heavy atom. The molecule has 0 saturated carbocycles. The van der Waals surface area contributed by atoms with Crippen LogP contribution in [0.15, 0.2) is 24.3 Å². The summed E-state index contributed by atoms with van der Waals surface area (Å²) in [5.74, 6) is -0.0649. The molecular formula is C15H23FO3. The highest BCUT2D eigenvalue weighted by atomic mass is 19.1. The summed E-state index contributed by atoms with van der Waals surface area (Å²) in [4.78, 5) is 0. The lowest BCUT2D eigenvalue weighted by Gasteiger charge is -2.14. The summed E-state index contributed by atoms with van der Waals surface area (Å²) in [6, 6.07) is 6.55. The molecule has 3 nitrogen and oxygen atoms in total. The van der Waals surface area contributed by atoms with Crippen LogP contribution >= 0.6 is 0 Å². The molecule has 1 unspecified atom stereocenters. The third-order valence-electron chi connectivity index (χ3n) is 3.00. The van der Waals surface area contributed by atoms with Crippen molar-refractivity contribution in [3.63, 3.8) is 0 Å². The van der Waals surface area contributed by atoms with E-state index in [1.54, 1.807) is 13.2 Å². The van der Waals surface area contributed by atoms with Crippen LogP contribution in [0.1, 0.15) is 18.4 Å². The second kappa shape index (κ2) is 9.89. The zero-order chi connectivity index (χ0) is 13.9. The molecule has 0 aliphatic heterocycles. The van der Waals surface area contributed by atoms with E-state index in [0.29, 0.717) is 26.2 Å². The number of rotatable bonds is 10. The first-order valence-corrected chi connectivity index (χ1v) is 6.68. The van der Waals surface area contributed by atoms with Gasteiger partial charge in [-0.05, 0) is 42.9 Å². The maximum absolute atomic E-state index is 13.1. The van der Waals surface area contributed by atoms with Gasteiger partial charge in [-0.3, -0.25) is 0 Å². The maximum Gasteiger partial charge on any atom is 0.123 e. The normalized spacial score (nSPS) is 12.6. The summed E-state index contributed by atoms with van der Waals surface area (Å²) in [5.41, 5.74) is 0.930. The van der Waals surface area contributed by atoms with Crippen LogP contribution in [0, 0.1) is 11.7 Å². The van der Waals surface area contributed by atoms with Crippen molar-refractivity contribution in [1.29, 1.82) is 0 Å². The number of aliphatic hydroxyl groups is 1. The van der Waals surface area contributed by atoms with Crippen molar-refractivity contribution in [2.75, 3.05) is 33.5 Å². The molecule has 1 rings (SSSR count). The van der Waals surface area contributed by atoms with Gasteiger partial charge in [0.2, 0.25) is 0 Å². The Bertz CT molecular complexity index is 344. The SMILES string of the molecule is COCCOCCCC(CO)Cc1cccc(F)c1. The zero-order valence-electron chi connectivity index (χ0n) is 11.5. The number of ether oxygens (including phenoxy) is 2. The largest absolute Gasteiger partial charge is 0.396 e. The fraction of sp³-hybridized carbons (Fsp3) is 0.600. The molecule has 19 heavy (non-hydrogen) atoms. The second-order valence-electron chi connectivity index (χ2n) is 4.63. The fourth-order valence-electron chi connectivity index (χ4n) is 1.97. The van der Waals surface area contributed by atoms with E-state index in [1.807, 2.05) is 6.07 Å². The number of hydrogen-bond acceptors (Lipinski definition) is 3. The van der Waals surface area contributed by atoms with E-state index in [9.17, 15) is 9.50 Å². The van der Waals surface area contributed by atoms with Crippen LogP contribution in [0.5, 0.6) is 0 Å². The van der Waals surface area contributed by atoms with Crippen LogP contribution in [0.4, 0.5) is 4.39 Å². The number of aliphatic hydroxyl groups excluding tert-OH is 1. The standard InChI is InChI=1S/C15H23FO3/c1-18-8-9-19-7-3-5-14(12-17)10-13-4-2-6-15(16)11-13/h2,4,6,11,14,17H,3,5,7-10,12H2,1H3. The molecule has 0 amide bonds. The minimum absolute atomic E-state index is 0.120. The van der Waals surface area contributed by atoms with E-state index in [0.717, 1.165) is 18.4 Å². The lowest BCUT2D eigenvalue weighted by molar-refractivity contribution is 0.0657. The van der Waals surface area contributed by atoms with Gasteiger partial charge < -0.3 is 14.6 Å². The Hall–Kier alpha value is -0.970. The molecule has 0 aliphatic carbocycles. The number of methoxy groups -OCH3 is 1. The van der Waals surface area contributed by atoms with Gasteiger partial charge >= 0.3 is 0 Å². The first kappa shape index (κ1) is 16.1. The van der Waals surface area contributed by atoms with Crippen LogP contribution < -0.4 is 0 Å². The smallest absolute Gasteiger partial charge is 0.123 e. The highest BCUT2D eigenvalue weighted by Crippen LogP contribution is 2.14. The van der Waals surface area contributed by atoms with Gasteiger partial charge in [-0.25, -0.2) is 4.39 Å².